The molecule has 0 saturated carbocycles. The van der Waals surface area contributed by atoms with Crippen LogP contribution in [0.3, 0.4) is 0 Å². The Morgan fingerprint density at radius 2 is 1.95 bits per heavy atom. The number of carbonyl (C=O) groups is 1. The number of esters is 1. The second-order valence-electron chi connectivity index (χ2n) is 5.37. The number of hydrogen-bond donors (Lipinski definition) is 1. The molecule has 0 aliphatic rings. The molecule has 2 N–H and O–H groups in total. The van der Waals surface area contributed by atoms with Crippen molar-refractivity contribution in [1.82, 2.24) is 0 Å². The molecule has 0 heterocycles. The summed E-state index contributed by atoms with van der Waals surface area (Å²) in [5, 5.41) is 0. The maximum atomic E-state index is 11.8. The van der Waals surface area contributed by atoms with E-state index in [-0.39, 0.29) is 12.4 Å². The van der Waals surface area contributed by atoms with Crippen LogP contribution in [-0.4, -0.2) is 18.2 Å². The van der Waals surface area contributed by atoms with Crippen LogP contribution >= 0.6 is 0 Å². The van der Waals surface area contributed by atoms with Crippen LogP contribution in [0.25, 0.3) is 0 Å². The van der Waals surface area contributed by atoms with E-state index in [1.807, 2.05) is 52.0 Å². The van der Waals surface area contributed by atoms with E-state index in [9.17, 15) is 4.79 Å². The van der Waals surface area contributed by atoms with Gasteiger partial charge in [0.15, 0.2) is 0 Å². The standard InChI is InChI=1S/C15H23NO3/c1-5-18-13-9-7-6-8-11(13)12(16)10-14(17)19-15(2,3)4/h6-9,12H,5,10,16H2,1-4H3. The predicted molar refractivity (Wildman–Crippen MR) is 75.0 cm³/mol. The summed E-state index contributed by atoms with van der Waals surface area (Å²) in [5.41, 5.74) is 6.40. The monoisotopic (exact) mass is 265 g/mol. The van der Waals surface area contributed by atoms with E-state index < -0.39 is 11.6 Å². The molecule has 1 atom stereocenters. The molecule has 1 unspecified atom stereocenters. The van der Waals surface area contributed by atoms with Crippen LogP contribution in [0.4, 0.5) is 0 Å². The van der Waals surface area contributed by atoms with Gasteiger partial charge in [-0.1, -0.05) is 18.2 Å². The van der Waals surface area contributed by atoms with Gasteiger partial charge in [-0.05, 0) is 33.8 Å². The summed E-state index contributed by atoms with van der Waals surface area (Å²) in [6, 6.07) is 7.08. The van der Waals surface area contributed by atoms with E-state index in [1.54, 1.807) is 0 Å². The molecule has 4 heteroatoms. The largest absolute Gasteiger partial charge is 0.494 e. The average molecular weight is 265 g/mol. The molecule has 106 valence electrons. The molecule has 0 aromatic heterocycles. The second-order valence-corrected chi connectivity index (χ2v) is 5.37. The Kier molecular flexibility index (Phi) is 5.36. The lowest BCUT2D eigenvalue weighted by molar-refractivity contribution is -0.155. The third kappa shape index (κ3) is 5.30. The van der Waals surface area contributed by atoms with Crippen LogP contribution in [0.15, 0.2) is 24.3 Å². The number of rotatable bonds is 5. The van der Waals surface area contributed by atoms with Gasteiger partial charge in [0.2, 0.25) is 0 Å². The lowest BCUT2D eigenvalue weighted by Crippen LogP contribution is -2.26. The summed E-state index contributed by atoms with van der Waals surface area (Å²) < 4.78 is 10.8. The lowest BCUT2D eigenvalue weighted by atomic mass is 10.0. The minimum absolute atomic E-state index is 0.140. The first-order valence-electron chi connectivity index (χ1n) is 6.52. The fourth-order valence-corrected chi connectivity index (χ4v) is 1.75. The molecule has 0 radical (unpaired) electrons. The van der Waals surface area contributed by atoms with Crippen molar-refractivity contribution in [2.45, 2.75) is 45.8 Å². The highest BCUT2D eigenvalue weighted by Crippen LogP contribution is 2.26. The quantitative estimate of drug-likeness (QED) is 0.832. The summed E-state index contributed by atoms with van der Waals surface area (Å²) in [6.07, 6.45) is 0.140. The first-order chi connectivity index (χ1) is 8.83. The van der Waals surface area contributed by atoms with Gasteiger partial charge in [-0.3, -0.25) is 4.79 Å². The Balaban J connectivity index is 2.72. The molecule has 0 amide bonds. The molecule has 0 aliphatic carbocycles. The SMILES string of the molecule is CCOc1ccccc1C(N)CC(=O)OC(C)(C)C. The van der Waals surface area contributed by atoms with Gasteiger partial charge in [-0.2, -0.15) is 0 Å². The number of ether oxygens (including phenoxy) is 2. The van der Waals surface area contributed by atoms with Crippen LogP contribution < -0.4 is 10.5 Å². The Morgan fingerprint density at radius 3 is 2.53 bits per heavy atom. The van der Waals surface area contributed by atoms with Crippen LogP contribution in [-0.2, 0) is 9.53 Å². The van der Waals surface area contributed by atoms with E-state index in [0.717, 1.165) is 11.3 Å². The van der Waals surface area contributed by atoms with Gasteiger partial charge in [-0.25, -0.2) is 0 Å². The predicted octanol–water partition coefficient (Wildman–Crippen LogP) is 2.82. The van der Waals surface area contributed by atoms with E-state index in [1.165, 1.54) is 0 Å². The third-order valence-electron chi connectivity index (χ3n) is 2.42. The third-order valence-corrected chi connectivity index (χ3v) is 2.42. The second kappa shape index (κ2) is 6.57. The zero-order chi connectivity index (χ0) is 14.5. The Bertz CT molecular complexity index is 424. The van der Waals surface area contributed by atoms with Gasteiger partial charge >= 0.3 is 5.97 Å². The lowest BCUT2D eigenvalue weighted by Gasteiger charge is -2.21. The fourth-order valence-electron chi connectivity index (χ4n) is 1.75. The maximum absolute atomic E-state index is 11.8. The highest BCUT2D eigenvalue weighted by atomic mass is 16.6. The first kappa shape index (κ1) is 15.5. The molecule has 1 aromatic carbocycles. The molecule has 1 rings (SSSR count). The van der Waals surface area contributed by atoms with E-state index in [0.29, 0.717) is 6.61 Å². The molecule has 4 nitrogen and oxygen atoms in total. The molecule has 0 saturated heterocycles. The number of benzene rings is 1. The average Bonchev–Trinajstić information content (AvgIpc) is 2.27. The number of nitrogens with two attached hydrogens (primary N) is 1. The van der Waals surface area contributed by atoms with Gasteiger partial charge in [0.25, 0.3) is 0 Å². The highest BCUT2D eigenvalue weighted by Gasteiger charge is 2.21. The topological polar surface area (TPSA) is 61.5 Å². The Hall–Kier alpha value is -1.55. The summed E-state index contributed by atoms with van der Waals surface area (Å²) in [7, 11) is 0. The van der Waals surface area contributed by atoms with Crippen LogP contribution in [0.5, 0.6) is 5.75 Å². The number of hydrogen-bond acceptors (Lipinski definition) is 4. The minimum Gasteiger partial charge on any atom is -0.494 e. The first-order valence-corrected chi connectivity index (χ1v) is 6.52. The van der Waals surface area contributed by atoms with E-state index in [2.05, 4.69) is 0 Å². The van der Waals surface area contributed by atoms with E-state index in [4.69, 9.17) is 15.2 Å². The molecular weight excluding hydrogens is 242 g/mol. The van der Waals surface area contributed by atoms with Crippen LogP contribution in [0.1, 0.15) is 45.7 Å². The van der Waals surface area contributed by atoms with Crippen LogP contribution in [0, 0.1) is 0 Å². The van der Waals surface area contributed by atoms with Crippen LogP contribution in [0.2, 0.25) is 0 Å². The Morgan fingerprint density at radius 1 is 1.32 bits per heavy atom. The fraction of sp³-hybridized carbons (Fsp3) is 0.533. The molecule has 19 heavy (non-hydrogen) atoms. The molecule has 0 fully saturated rings. The minimum atomic E-state index is -0.490. The normalized spacial score (nSPS) is 12.9. The zero-order valence-electron chi connectivity index (χ0n) is 12.1. The molecule has 0 spiro atoms. The van der Waals surface area contributed by atoms with Crippen molar-refractivity contribution in [3.05, 3.63) is 29.8 Å². The van der Waals surface area contributed by atoms with Gasteiger partial charge in [0.05, 0.1) is 13.0 Å². The zero-order valence-corrected chi connectivity index (χ0v) is 12.1. The van der Waals surface area contributed by atoms with Crippen molar-refractivity contribution >= 4 is 5.97 Å². The molecular formula is C15H23NO3. The number of carbonyl (C=O) groups excluding carboxylic acids is 1. The maximum Gasteiger partial charge on any atom is 0.308 e. The number of para-hydroxylation sites is 1. The van der Waals surface area contributed by atoms with Gasteiger partial charge in [0.1, 0.15) is 11.4 Å². The van der Waals surface area contributed by atoms with Crippen molar-refractivity contribution < 1.29 is 14.3 Å². The van der Waals surface area contributed by atoms with Crippen molar-refractivity contribution in [3.63, 3.8) is 0 Å². The smallest absolute Gasteiger partial charge is 0.308 e. The summed E-state index contributed by atoms with van der Waals surface area (Å²) in [6.45, 7) is 7.99. The van der Waals surface area contributed by atoms with Crippen molar-refractivity contribution in [3.8, 4) is 5.75 Å². The molecule has 0 aliphatic heterocycles. The van der Waals surface area contributed by atoms with Crippen molar-refractivity contribution in [1.29, 1.82) is 0 Å². The van der Waals surface area contributed by atoms with Gasteiger partial charge in [-0.15, -0.1) is 0 Å². The highest BCUT2D eigenvalue weighted by molar-refractivity contribution is 5.71. The van der Waals surface area contributed by atoms with Gasteiger partial charge in [0, 0.05) is 11.6 Å². The molecule has 1 aromatic rings. The summed E-state index contributed by atoms with van der Waals surface area (Å²) >= 11 is 0. The molecule has 0 bridgehead atoms. The van der Waals surface area contributed by atoms with Gasteiger partial charge < -0.3 is 15.2 Å². The summed E-state index contributed by atoms with van der Waals surface area (Å²) in [5.74, 6) is 0.423. The van der Waals surface area contributed by atoms with Crippen molar-refractivity contribution in [2.75, 3.05) is 6.61 Å². The Labute approximate surface area is 114 Å². The van der Waals surface area contributed by atoms with Crippen molar-refractivity contribution in [2.24, 2.45) is 5.73 Å². The van der Waals surface area contributed by atoms with E-state index >= 15 is 0 Å². The summed E-state index contributed by atoms with van der Waals surface area (Å²) in [4.78, 5) is 11.8.